The highest BCUT2D eigenvalue weighted by Crippen LogP contribution is 2.36. The van der Waals surface area contributed by atoms with Crippen molar-refractivity contribution in [1.82, 2.24) is 4.98 Å². The van der Waals surface area contributed by atoms with Crippen molar-refractivity contribution in [3.63, 3.8) is 0 Å². The van der Waals surface area contributed by atoms with E-state index in [9.17, 15) is 4.79 Å². The summed E-state index contributed by atoms with van der Waals surface area (Å²) in [7, 11) is 1.70. The van der Waals surface area contributed by atoms with Crippen LogP contribution < -0.4 is 4.90 Å². The molecule has 1 unspecified atom stereocenters. The number of rotatable bonds is 8. The van der Waals surface area contributed by atoms with Gasteiger partial charge in [-0.15, -0.1) is 0 Å². The molecule has 1 heterocycles. The molecule has 1 aromatic rings. The number of carboxylic acids is 1. The molecular weight excluding hydrogens is 268 g/mol. The lowest BCUT2D eigenvalue weighted by Crippen LogP contribution is -2.37. The zero-order valence-corrected chi connectivity index (χ0v) is 12.5. The lowest BCUT2D eigenvalue weighted by atomic mass is 10.1. The molecule has 5 nitrogen and oxygen atoms in total. The minimum atomic E-state index is -0.955. The minimum Gasteiger partial charge on any atom is -0.478 e. The summed E-state index contributed by atoms with van der Waals surface area (Å²) in [4.78, 5) is 17.2. The second-order valence-corrected chi connectivity index (χ2v) is 5.39. The largest absolute Gasteiger partial charge is 0.478 e. The number of methoxy groups -OCH3 is 1. The number of aromatic nitrogens is 1. The molecule has 0 radical (unpaired) electrons. The van der Waals surface area contributed by atoms with Gasteiger partial charge in [-0.25, -0.2) is 9.78 Å². The van der Waals surface area contributed by atoms with E-state index in [-0.39, 0.29) is 0 Å². The number of pyridine rings is 1. The van der Waals surface area contributed by atoms with Crippen LogP contribution in [0.2, 0.25) is 0 Å². The van der Waals surface area contributed by atoms with Gasteiger partial charge >= 0.3 is 5.97 Å². The van der Waals surface area contributed by atoms with Gasteiger partial charge in [0, 0.05) is 32.0 Å². The van der Waals surface area contributed by atoms with Gasteiger partial charge in [0.15, 0.2) is 0 Å². The van der Waals surface area contributed by atoms with E-state index in [0.29, 0.717) is 12.6 Å². The van der Waals surface area contributed by atoms with E-state index >= 15 is 0 Å². The molecule has 5 heteroatoms. The molecule has 1 N–H and O–H groups in total. The molecule has 1 aromatic heterocycles. The van der Waals surface area contributed by atoms with Crippen LogP contribution >= 0.6 is 0 Å². The Hall–Kier alpha value is -1.88. The maximum Gasteiger partial charge on any atom is 0.328 e. The molecule has 1 aliphatic rings. The summed E-state index contributed by atoms with van der Waals surface area (Å²) in [5.74, 6) is 0.706. The number of ether oxygens (including phenoxy) is 1. The molecular formula is C16H22N2O3. The molecule has 1 atom stereocenters. The lowest BCUT2D eigenvalue weighted by molar-refractivity contribution is -0.131. The molecule has 0 aromatic carbocycles. The van der Waals surface area contributed by atoms with Gasteiger partial charge in [0.25, 0.3) is 0 Å². The predicted molar refractivity (Wildman–Crippen MR) is 82.3 cm³/mol. The van der Waals surface area contributed by atoms with Gasteiger partial charge in [0.1, 0.15) is 5.82 Å². The fourth-order valence-electron chi connectivity index (χ4n) is 2.38. The van der Waals surface area contributed by atoms with E-state index in [4.69, 9.17) is 9.84 Å². The van der Waals surface area contributed by atoms with Crippen LogP contribution in [0.5, 0.6) is 0 Å². The first kappa shape index (κ1) is 15.5. The van der Waals surface area contributed by atoms with Crippen LogP contribution in [0.1, 0.15) is 25.3 Å². The number of nitrogens with zero attached hydrogens (tertiary/aromatic N) is 2. The SMILES string of the molecule is COCCN(c1ccc(/C=C/C(=O)O)cn1)C(C)C1CC1. The Labute approximate surface area is 125 Å². The zero-order chi connectivity index (χ0) is 15.2. The van der Waals surface area contributed by atoms with Gasteiger partial charge in [-0.05, 0) is 49.5 Å². The second-order valence-electron chi connectivity index (χ2n) is 5.39. The zero-order valence-electron chi connectivity index (χ0n) is 12.5. The Morgan fingerprint density at radius 3 is 2.86 bits per heavy atom. The van der Waals surface area contributed by atoms with E-state index in [1.807, 2.05) is 12.1 Å². The standard InChI is InChI=1S/C16H22N2O3/c1-12(14-5-6-14)18(9-10-21-2)15-7-3-13(11-17-15)4-8-16(19)20/h3-4,7-8,11-12,14H,5-6,9-10H2,1-2H3,(H,19,20)/b8-4+. The van der Waals surface area contributed by atoms with Crippen LogP contribution in [0.25, 0.3) is 6.08 Å². The maximum atomic E-state index is 10.5. The normalized spacial score (nSPS) is 16.1. The Kier molecular flexibility index (Phi) is 5.33. The van der Waals surface area contributed by atoms with E-state index in [0.717, 1.165) is 29.9 Å². The molecule has 21 heavy (non-hydrogen) atoms. The fraction of sp³-hybridized carbons (Fsp3) is 0.500. The minimum absolute atomic E-state index is 0.452. The van der Waals surface area contributed by atoms with Crippen molar-refractivity contribution in [2.24, 2.45) is 5.92 Å². The Morgan fingerprint density at radius 1 is 1.57 bits per heavy atom. The summed E-state index contributed by atoms with van der Waals surface area (Å²) >= 11 is 0. The highest BCUT2D eigenvalue weighted by atomic mass is 16.5. The molecule has 1 fully saturated rings. The van der Waals surface area contributed by atoms with E-state index in [2.05, 4.69) is 16.8 Å². The molecule has 1 aliphatic carbocycles. The summed E-state index contributed by atoms with van der Waals surface area (Å²) in [6, 6.07) is 4.28. The number of hydrogen-bond donors (Lipinski definition) is 1. The number of aliphatic carboxylic acids is 1. The van der Waals surface area contributed by atoms with Crippen molar-refractivity contribution < 1.29 is 14.6 Å². The smallest absolute Gasteiger partial charge is 0.328 e. The van der Waals surface area contributed by atoms with Crippen molar-refractivity contribution >= 4 is 17.9 Å². The van der Waals surface area contributed by atoms with E-state index in [1.54, 1.807) is 19.4 Å². The van der Waals surface area contributed by atoms with Gasteiger partial charge < -0.3 is 14.7 Å². The first-order chi connectivity index (χ1) is 10.1. The summed E-state index contributed by atoms with van der Waals surface area (Å²) in [6.07, 6.45) is 6.93. The van der Waals surface area contributed by atoms with Gasteiger partial charge in [-0.2, -0.15) is 0 Å². The van der Waals surface area contributed by atoms with Crippen LogP contribution in [0.4, 0.5) is 5.82 Å². The molecule has 0 bridgehead atoms. The highest BCUT2D eigenvalue weighted by Gasteiger charge is 2.32. The van der Waals surface area contributed by atoms with E-state index in [1.165, 1.54) is 12.8 Å². The molecule has 0 saturated heterocycles. The number of anilines is 1. The van der Waals surface area contributed by atoms with Crippen LogP contribution in [0.3, 0.4) is 0 Å². The van der Waals surface area contributed by atoms with Gasteiger partial charge in [0.2, 0.25) is 0 Å². The second kappa shape index (κ2) is 7.22. The quantitative estimate of drug-likeness (QED) is 0.745. The van der Waals surface area contributed by atoms with Crippen molar-refractivity contribution in [2.75, 3.05) is 25.2 Å². The molecule has 0 spiro atoms. The van der Waals surface area contributed by atoms with Crippen molar-refractivity contribution in [2.45, 2.75) is 25.8 Å². The van der Waals surface area contributed by atoms with Crippen LogP contribution in [-0.4, -0.2) is 42.4 Å². The summed E-state index contributed by atoms with van der Waals surface area (Å²) in [5.41, 5.74) is 0.784. The first-order valence-electron chi connectivity index (χ1n) is 7.24. The predicted octanol–water partition coefficient (Wildman–Crippen LogP) is 2.43. The van der Waals surface area contributed by atoms with Crippen molar-refractivity contribution in [3.8, 4) is 0 Å². The third-order valence-electron chi connectivity index (χ3n) is 3.82. The number of hydrogen-bond acceptors (Lipinski definition) is 4. The molecule has 0 amide bonds. The van der Waals surface area contributed by atoms with Gasteiger partial charge in [0.05, 0.1) is 6.61 Å². The molecule has 0 aliphatic heterocycles. The van der Waals surface area contributed by atoms with Crippen LogP contribution in [-0.2, 0) is 9.53 Å². The van der Waals surface area contributed by atoms with Gasteiger partial charge in [-0.3, -0.25) is 0 Å². The van der Waals surface area contributed by atoms with Crippen molar-refractivity contribution in [3.05, 3.63) is 30.0 Å². The molecule has 2 rings (SSSR count). The average molecular weight is 290 g/mol. The molecule has 114 valence electrons. The third-order valence-corrected chi connectivity index (χ3v) is 3.82. The van der Waals surface area contributed by atoms with Crippen LogP contribution in [0.15, 0.2) is 24.4 Å². The lowest BCUT2D eigenvalue weighted by Gasteiger charge is -2.30. The fourth-order valence-corrected chi connectivity index (χ4v) is 2.38. The Morgan fingerprint density at radius 2 is 2.33 bits per heavy atom. The van der Waals surface area contributed by atoms with Crippen molar-refractivity contribution in [1.29, 1.82) is 0 Å². The van der Waals surface area contributed by atoms with Gasteiger partial charge in [-0.1, -0.05) is 0 Å². The Balaban J connectivity index is 2.09. The topological polar surface area (TPSA) is 62.7 Å². The summed E-state index contributed by atoms with van der Waals surface area (Å²) < 4.78 is 5.19. The maximum absolute atomic E-state index is 10.5. The Bertz CT molecular complexity index is 495. The monoisotopic (exact) mass is 290 g/mol. The average Bonchev–Trinajstić information content (AvgIpc) is 3.31. The number of carboxylic acid groups (broad SMARTS) is 1. The van der Waals surface area contributed by atoms with E-state index < -0.39 is 5.97 Å². The van der Waals surface area contributed by atoms with Crippen LogP contribution in [0, 0.1) is 5.92 Å². The highest BCUT2D eigenvalue weighted by molar-refractivity contribution is 5.85. The summed E-state index contributed by atoms with van der Waals surface area (Å²) in [5, 5.41) is 8.63. The molecule has 1 saturated carbocycles. The first-order valence-corrected chi connectivity index (χ1v) is 7.24. The number of carbonyl (C=O) groups is 1. The third kappa shape index (κ3) is 4.56. The summed E-state index contributed by atoms with van der Waals surface area (Å²) in [6.45, 7) is 3.71.